The number of benzene rings is 4. The molecule has 3 aliphatic rings. The monoisotopic (exact) mass is 533 g/mol. The molecular weight excluding hydrogens is 513 g/mol. The molecule has 0 radical (unpaired) electrons. The van der Waals surface area contributed by atoms with E-state index >= 15 is 0 Å². The Kier molecular flexibility index (Phi) is 5.23. The smallest absolute Gasteiger partial charge is 0.185 e. The number of Topliss-reactive ketones (excluding diaryl/α,β-unsaturated/α-hetero) is 3. The first kappa shape index (κ1) is 23.7. The van der Waals surface area contributed by atoms with Crippen molar-refractivity contribution in [3.63, 3.8) is 0 Å². The minimum atomic E-state index is -1.57. The zero-order valence-corrected chi connectivity index (χ0v) is 21.3. The number of fused-ring (bicyclic) bond motifs is 5. The summed E-state index contributed by atoms with van der Waals surface area (Å²) in [5.41, 5.74) is 1.68. The summed E-state index contributed by atoms with van der Waals surface area (Å²) in [6.07, 6.45) is 3.73. The average molecular weight is 534 g/mol. The van der Waals surface area contributed by atoms with Gasteiger partial charge in [0.05, 0.1) is 6.04 Å². The molecule has 4 nitrogen and oxygen atoms in total. The summed E-state index contributed by atoms with van der Waals surface area (Å²) in [6.45, 7) is 0. The molecule has 190 valence electrons. The average Bonchev–Trinajstić information content (AvgIpc) is 3.39. The summed E-state index contributed by atoms with van der Waals surface area (Å²) >= 11 is 6.32. The lowest BCUT2D eigenvalue weighted by Gasteiger charge is -2.37. The number of nitrogens with zero attached hydrogens (tertiary/aromatic N) is 1. The van der Waals surface area contributed by atoms with Crippen molar-refractivity contribution in [2.75, 3.05) is 4.90 Å². The summed E-state index contributed by atoms with van der Waals surface area (Å²) < 4.78 is 13.8. The Hall–Kier alpha value is -4.35. The maximum absolute atomic E-state index is 14.5. The van der Waals surface area contributed by atoms with Crippen LogP contribution in [-0.2, 0) is 0 Å². The van der Waals surface area contributed by atoms with Crippen LogP contribution in [0.15, 0.2) is 103 Å². The van der Waals surface area contributed by atoms with E-state index < -0.39 is 29.2 Å². The molecule has 0 unspecified atom stereocenters. The predicted molar refractivity (Wildman–Crippen MR) is 148 cm³/mol. The first-order chi connectivity index (χ1) is 18.9. The Balaban J connectivity index is 1.54. The van der Waals surface area contributed by atoms with Crippen LogP contribution >= 0.6 is 11.6 Å². The Morgan fingerprint density at radius 3 is 2.13 bits per heavy atom. The second-order valence-corrected chi connectivity index (χ2v) is 10.6. The van der Waals surface area contributed by atoms with Gasteiger partial charge in [-0.25, -0.2) is 4.39 Å². The minimum absolute atomic E-state index is 0.288. The van der Waals surface area contributed by atoms with Gasteiger partial charge in [0.2, 0.25) is 0 Å². The fourth-order valence-corrected chi connectivity index (χ4v) is 6.95. The summed E-state index contributed by atoms with van der Waals surface area (Å²) in [5, 5.41) is 0.534. The highest BCUT2D eigenvalue weighted by atomic mass is 35.5. The molecule has 0 bridgehead atoms. The highest BCUT2D eigenvalue weighted by Gasteiger charge is 2.71. The van der Waals surface area contributed by atoms with Gasteiger partial charge in [0.1, 0.15) is 17.3 Å². The molecule has 0 saturated carbocycles. The quantitative estimate of drug-likeness (QED) is 0.215. The molecule has 1 aliphatic carbocycles. The van der Waals surface area contributed by atoms with Gasteiger partial charge in [-0.1, -0.05) is 78.4 Å². The predicted octanol–water partition coefficient (Wildman–Crippen LogP) is 6.80. The van der Waals surface area contributed by atoms with Crippen molar-refractivity contribution in [2.45, 2.75) is 18.0 Å². The summed E-state index contributed by atoms with van der Waals surface area (Å²) in [5.74, 6) is -2.13. The van der Waals surface area contributed by atoms with Gasteiger partial charge in [0.25, 0.3) is 0 Å². The number of carbonyl (C=O) groups excluding carboxylic acids is 3. The Labute approximate surface area is 229 Å². The fourth-order valence-electron chi connectivity index (χ4n) is 6.77. The first-order valence-corrected chi connectivity index (χ1v) is 13.1. The molecule has 3 atom stereocenters. The molecule has 1 saturated heterocycles. The number of hydrogen-bond donors (Lipinski definition) is 0. The molecule has 4 aromatic rings. The lowest BCUT2D eigenvalue weighted by Crippen LogP contribution is -2.48. The van der Waals surface area contributed by atoms with E-state index in [1.54, 1.807) is 36.4 Å². The number of carbonyl (C=O) groups is 3. The normalized spacial score (nSPS) is 22.1. The van der Waals surface area contributed by atoms with Crippen LogP contribution in [0.5, 0.6) is 0 Å². The topological polar surface area (TPSA) is 54.5 Å². The van der Waals surface area contributed by atoms with E-state index in [9.17, 15) is 18.8 Å². The molecule has 2 aliphatic heterocycles. The van der Waals surface area contributed by atoms with E-state index in [0.29, 0.717) is 33.0 Å². The van der Waals surface area contributed by atoms with Crippen LogP contribution in [-0.4, -0.2) is 29.4 Å². The number of anilines is 1. The largest absolute Gasteiger partial charge is 0.352 e. The van der Waals surface area contributed by atoms with Gasteiger partial charge >= 0.3 is 0 Å². The zero-order valence-electron chi connectivity index (χ0n) is 20.6. The van der Waals surface area contributed by atoms with Gasteiger partial charge in [-0.05, 0) is 53.6 Å². The van der Waals surface area contributed by atoms with Crippen molar-refractivity contribution in [1.82, 2.24) is 0 Å². The molecule has 0 amide bonds. The van der Waals surface area contributed by atoms with Gasteiger partial charge < -0.3 is 4.90 Å². The summed E-state index contributed by atoms with van der Waals surface area (Å²) in [6, 6.07) is 25.3. The SMILES string of the molecule is O=C(c1ccc(F)cc1)[C@@H]1[C@H](c2ccccc2)C2(C(=O)c3ccccc3C2=O)[C@@H]2C=Cc3cc(Cl)ccc3N12. The Morgan fingerprint density at radius 2 is 1.46 bits per heavy atom. The second kappa shape index (κ2) is 8.58. The molecule has 0 N–H and O–H groups in total. The second-order valence-electron chi connectivity index (χ2n) is 10.2. The van der Waals surface area contributed by atoms with Crippen molar-refractivity contribution in [3.8, 4) is 0 Å². The highest BCUT2D eigenvalue weighted by molar-refractivity contribution is 6.32. The summed E-state index contributed by atoms with van der Waals surface area (Å²) in [7, 11) is 0. The molecule has 7 rings (SSSR count). The van der Waals surface area contributed by atoms with Crippen LogP contribution < -0.4 is 4.90 Å². The van der Waals surface area contributed by atoms with E-state index in [1.807, 2.05) is 53.5 Å². The van der Waals surface area contributed by atoms with Crippen LogP contribution in [0.1, 0.15) is 48.1 Å². The van der Waals surface area contributed by atoms with Crippen LogP contribution in [0.4, 0.5) is 10.1 Å². The van der Waals surface area contributed by atoms with Gasteiger partial charge in [-0.15, -0.1) is 0 Å². The maximum atomic E-state index is 14.5. The Bertz CT molecular complexity index is 1680. The number of halogens is 2. The van der Waals surface area contributed by atoms with Gasteiger partial charge in [0.15, 0.2) is 17.3 Å². The molecule has 1 spiro atoms. The van der Waals surface area contributed by atoms with Gasteiger partial charge in [0, 0.05) is 33.3 Å². The Morgan fingerprint density at radius 1 is 0.821 bits per heavy atom. The van der Waals surface area contributed by atoms with Crippen LogP contribution in [0.3, 0.4) is 0 Å². The van der Waals surface area contributed by atoms with Crippen molar-refractivity contribution in [3.05, 3.63) is 142 Å². The molecule has 2 heterocycles. The van der Waals surface area contributed by atoms with E-state index in [1.165, 1.54) is 24.3 Å². The summed E-state index contributed by atoms with van der Waals surface area (Å²) in [4.78, 5) is 45.4. The van der Waals surface area contributed by atoms with Gasteiger partial charge in [-0.2, -0.15) is 0 Å². The highest BCUT2D eigenvalue weighted by Crippen LogP contribution is 2.61. The molecule has 1 fully saturated rings. The van der Waals surface area contributed by atoms with E-state index in [2.05, 4.69) is 0 Å². The number of ketones is 3. The minimum Gasteiger partial charge on any atom is -0.352 e. The lowest BCUT2D eigenvalue weighted by atomic mass is 9.64. The van der Waals surface area contributed by atoms with Crippen LogP contribution in [0.2, 0.25) is 5.02 Å². The third kappa shape index (κ3) is 3.20. The first-order valence-electron chi connectivity index (χ1n) is 12.7. The van der Waals surface area contributed by atoms with Crippen LogP contribution in [0.25, 0.3) is 6.08 Å². The van der Waals surface area contributed by atoms with Crippen molar-refractivity contribution in [2.24, 2.45) is 5.41 Å². The van der Waals surface area contributed by atoms with Crippen molar-refractivity contribution < 1.29 is 18.8 Å². The number of hydrogen-bond acceptors (Lipinski definition) is 4. The van der Waals surface area contributed by atoms with Crippen molar-refractivity contribution in [1.29, 1.82) is 0 Å². The van der Waals surface area contributed by atoms with E-state index in [-0.39, 0.29) is 17.3 Å². The van der Waals surface area contributed by atoms with Gasteiger partial charge in [-0.3, -0.25) is 14.4 Å². The number of rotatable bonds is 3. The van der Waals surface area contributed by atoms with E-state index in [4.69, 9.17) is 11.6 Å². The molecule has 39 heavy (non-hydrogen) atoms. The molecule has 0 aromatic heterocycles. The lowest BCUT2D eigenvalue weighted by molar-refractivity contribution is 0.0666. The van der Waals surface area contributed by atoms with Crippen LogP contribution in [0, 0.1) is 11.2 Å². The standard InChI is InChI=1S/C33H21ClFNO3/c34-22-13-16-26-21(18-22)12-17-27-33(31(38)24-8-4-5-9-25(24)32(33)39)28(19-6-2-1-3-7-19)29(36(26)27)30(37)20-10-14-23(35)15-11-20/h1-18,27-29H/t27-,28-,29-/m0/s1. The van der Waals surface area contributed by atoms with E-state index in [0.717, 1.165) is 5.56 Å². The molecular formula is C33H21ClFNO3. The fraction of sp³-hybridized carbons (Fsp3) is 0.121. The molecule has 6 heteroatoms. The zero-order chi connectivity index (χ0) is 26.9. The molecule has 4 aromatic carbocycles. The van der Waals surface area contributed by atoms with Crippen molar-refractivity contribution >= 4 is 40.7 Å². The maximum Gasteiger partial charge on any atom is 0.185 e. The third-order valence-corrected chi connectivity index (χ3v) is 8.56. The third-order valence-electron chi connectivity index (χ3n) is 8.32.